The minimum Gasteiger partial charge on any atom is -0.478 e. The lowest BCUT2D eigenvalue weighted by atomic mass is 10.2. The van der Waals surface area contributed by atoms with Crippen LogP contribution in [0.2, 0.25) is 0 Å². The number of amides is 1. The zero-order valence-electron chi connectivity index (χ0n) is 15.6. The van der Waals surface area contributed by atoms with Crippen molar-refractivity contribution in [3.63, 3.8) is 0 Å². The Labute approximate surface area is 153 Å². The fourth-order valence-electron chi connectivity index (χ4n) is 0.757. The quantitative estimate of drug-likeness (QED) is 0.354. The molecule has 8 heteroatoms. The van der Waals surface area contributed by atoms with Gasteiger partial charge in [0.2, 0.25) is 5.91 Å². The van der Waals surface area contributed by atoms with Crippen LogP contribution < -0.4 is 5.73 Å². The zero-order chi connectivity index (χ0) is 21.4. The molecule has 0 radical (unpaired) electrons. The largest absolute Gasteiger partial charge is 0.478 e. The van der Waals surface area contributed by atoms with E-state index in [2.05, 4.69) is 24.5 Å². The number of carbonyl (C=O) groups excluding carboxylic acids is 2. The highest BCUT2D eigenvalue weighted by atomic mass is 16.5. The van der Waals surface area contributed by atoms with E-state index in [0.29, 0.717) is 12.0 Å². The Morgan fingerprint density at radius 3 is 1.62 bits per heavy atom. The maximum absolute atomic E-state index is 10.9. The van der Waals surface area contributed by atoms with Gasteiger partial charge < -0.3 is 20.7 Å². The van der Waals surface area contributed by atoms with E-state index >= 15 is 0 Å². The molecule has 0 heterocycles. The van der Waals surface area contributed by atoms with Crippen LogP contribution in [-0.4, -0.2) is 40.6 Å². The van der Waals surface area contributed by atoms with Crippen molar-refractivity contribution in [2.75, 3.05) is 6.61 Å². The van der Waals surface area contributed by atoms with E-state index in [1.807, 2.05) is 0 Å². The first-order valence-corrected chi connectivity index (χ1v) is 7.45. The van der Waals surface area contributed by atoms with Crippen molar-refractivity contribution in [2.45, 2.75) is 34.1 Å². The lowest BCUT2D eigenvalue weighted by molar-refractivity contribution is -0.138. The van der Waals surface area contributed by atoms with Crippen LogP contribution in [-0.2, 0) is 23.9 Å². The highest BCUT2D eigenvalue weighted by molar-refractivity contribution is 5.95. The standard InChI is InChI=1S/C9H12O4.C5H8O2.C4H7NO/c1-4-13-9(12)7(3)5-6(2)8(10)11;1-3-4(2)5(6)7;1-3(2)4(5)6/h5H,3-4H2,1-2H3,(H,10,11);2-3H2,1H3,(H,6,7);1H2,2H3,(H2,5,6). The molecule has 0 fully saturated rings. The first-order valence-electron chi connectivity index (χ1n) is 7.45. The van der Waals surface area contributed by atoms with Crippen LogP contribution in [0.25, 0.3) is 0 Å². The van der Waals surface area contributed by atoms with Crippen LogP contribution in [0.3, 0.4) is 0 Å². The molecule has 0 aromatic carbocycles. The molecule has 0 aromatic rings. The number of primary amides is 1. The van der Waals surface area contributed by atoms with Gasteiger partial charge in [0.15, 0.2) is 0 Å². The summed E-state index contributed by atoms with van der Waals surface area (Å²) >= 11 is 0. The molecule has 0 saturated heterocycles. The van der Waals surface area contributed by atoms with E-state index in [1.54, 1.807) is 20.8 Å². The Kier molecular flexibility index (Phi) is 16.4. The Bertz CT molecular complexity index is 589. The van der Waals surface area contributed by atoms with Gasteiger partial charge in [-0.2, -0.15) is 0 Å². The number of rotatable bonds is 7. The van der Waals surface area contributed by atoms with E-state index in [1.165, 1.54) is 13.0 Å². The van der Waals surface area contributed by atoms with Crippen molar-refractivity contribution in [3.8, 4) is 0 Å². The summed E-state index contributed by atoms with van der Waals surface area (Å²) in [7, 11) is 0. The topological polar surface area (TPSA) is 144 Å². The fourth-order valence-corrected chi connectivity index (χ4v) is 0.757. The number of carbonyl (C=O) groups is 4. The average molecular weight is 369 g/mol. The molecular formula is C18H27NO7. The van der Waals surface area contributed by atoms with E-state index in [9.17, 15) is 19.2 Å². The molecule has 1 amide bonds. The molecule has 8 nitrogen and oxygen atoms in total. The molecule has 0 saturated carbocycles. The minimum absolute atomic E-state index is 0.0433. The summed E-state index contributed by atoms with van der Waals surface area (Å²) in [6, 6.07) is 0. The first-order chi connectivity index (χ1) is 11.8. The normalized spacial score (nSPS) is 9.31. The number of ether oxygens (including phenoxy) is 1. The van der Waals surface area contributed by atoms with Gasteiger partial charge in [0.25, 0.3) is 0 Å². The summed E-state index contributed by atoms with van der Waals surface area (Å²) in [4.78, 5) is 40.9. The molecule has 4 N–H and O–H groups in total. The SMILES string of the molecule is C=C(C)C(N)=O.C=C(C=C(C)C(=O)O)C(=O)OCC.C=C(CC)C(=O)O. The van der Waals surface area contributed by atoms with Crippen molar-refractivity contribution in [1.82, 2.24) is 0 Å². The lowest BCUT2D eigenvalue weighted by Crippen LogP contribution is -2.10. The number of hydrogen-bond donors (Lipinski definition) is 3. The van der Waals surface area contributed by atoms with E-state index in [4.69, 9.17) is 15.9 Å². The van der Waals surface area contributed by atoms with Crippen LogP contribution in [0, 0.1) is 0 Å². The zero-order valence-corrected chi connectivity index (χ0v) is 15.6. The van der Waals surface area contributed by atoms with Crippen molar-refractivity contribution in [1.29, 1.82) is 0 Å². The highest BCUT2D eigenvalue weighted by Crippen LogP contribution is 2.02. The first kappa shape index (κ1) is 27.7. The molecule has 0 atom stereocenters. The van der Waals surface area contributed by atoms with Crippen LogP contribution in [0.15, 0.2) is 48.1 Å². The van der Waals surface area contributed by atoms with Gasteiger partial charge in [-0.15, -0.1) is 0 Å². The van der Waals surface area contributed by atoms with Crippen LogP contribution in [0.1, 0.15) is 34.1 Å². The second kappa shape index (κ2) is 15.4. The van der Waals surface area contributed by atoms with Crippen molar-refractivity contribution >= 4 is 23.8 Å². The summed E-state index contributed by atoms with van der Waals surface area (Å²) in [6.45, 7) is 16.6. The third kappa shape index (κ3) is 17.2. The van der Waals surface area contributed by atoms with Crippen LogP contribution >= 0.6 is 0 Å². The van der Waals surface area contributed by atoms with Gasteiger partial charge >= 0.3 is 17.9 Å². The predicted molar refractivity (Wildman–Crippen MR) is 98.2 cm³/mol. The van der Waals surface area contributed by atoms with Crippen LogP contribution in [0.5, 0.6) is 0 Å². The predicted octanol–water partition coefficient (Wildman–Crippen LogP) is 2.22. The maximum atomic E-state index is 10.9. The number of esters is 1. The Morgan fingerprint density at radius 2 is 1.42 bits per heavy atom. The summed E-state index contributed by atoms with van der Waals surface area (Å²) in [5, 5.41) is 16.6. The van der Waals surface area contributed by atoms with Gasteiger partial charge in [-0.05, 0) is 33.3 Å². The Hall–Kier alpha value is -3.16. The molecule has 0 unspecified atom stereocenters. The Balaban J connectivity index is -0.000000342. The lowest BCUT2D eigenvalue weighted by Gasteiger charge is -2.00. The number of nitrogens with two attached hydrogens (primary N) is 1. The molecule has 0 aliphatic carbocycles. The molecule has 146 valence electrons. The molecule has 0 aromatic heterocycles. The molecule has 0 aliphatic rings. The smallest absolute Gasteiger partial charge is 0.337 e. The number of aliphatic carboxylic acids is 2. The third-order valence-corrected chi connectivity index (χ3v) is 2.42. The van der Waals surface area contributed by atoms with Gasteiger partial charge in [0.05, 0.1) is 12.2 Å². The minimum atomic E-state index is -1.08. The average Bonchev–Trinajstić information content (AvgIpc) is 2.54. The van der Waals surface area contributed by atoms with E-state index in [0.717, 1.165) is 0 Å². The monoisotopic (exact) mass is 369 g/mol. The maximum Gasteiger partial charge on any atom is 0.337 e. The second-order valence-corrected chi connectivity index (χ2v) is 4.79. The summed E-state index contributed by atoms with van der Waals surface area (Å²) < 4.78 is 4.61. The molecular weight excluding hydrogens is 342 g/mol. The summed E-state index contributed by atoms with van der Waals surface area (Å²) in [5.74, 6) is -3.01. The van der Waals surface area contributed by atoms with Gasteiger partial charge in [0, 0.05) is 16.7 Å². The number of hydrogen-bond acceptors (Lipinski definition) is 5. The van der Waals surface area contributed by atoms with Gasteiger partial charge in [-0.25, -0.2) is 14.4 Å². The summed E-state index contributed by atoms with van der Waals surface area (Å²) in [6.07, 6.45) is 1.70. The number of carboxylic acids is 2. The van der Waals surface area contributed by atoms with Gasteiger partial charge in [-0.3, -0.25) is 4.79 Å². The summed E-state index contributed by atoms with van der Waals surface area (Å²) in [5.41, 5.74) is 5.46. The van der Waals surface area contributed by atoms with Crippen molar-refractivity contribution < 1.29 is 34.1 Å². The highest BCUT2D eigenvalue weighted by Gasteiger charge is 2.07. The van der Waals surface area contributed by atoms with Crippen LogP contribution in [0.4, 0.5) is 0 Å². The van der Waals surface area contributed by atoms with E-state index < -0.39 is 23.8 Å². The van der Waals surface area contributed by atoms with Crippen molar-refractivity contribution in [3.05, 3.63) is 48.1 Å². The molecule has 0 aliphatic heterocycles. The Morgan fingerprint density at radius 1 is 1.00 bits per heavy atom. The molecule has 0 spiro atoms. The van der Waals surface area contributed by atoms with Crippen molar-refractivity contribution in [2.24, 2.45) is 5.73 Å². The molecule has 0 rings (SSSR count). The van der Waals surface area contributed by atoms with E-state index in [-0.39, 0.29) is 23.3 Å². The molecule has 26 heavy (non-hydrogen) atoms. The number of carboxylic acid groups (broad SMARTS) is 2. The fraction of sp³-hybridized carbons (Fsp3) is 0.333. The van der Waals surface area contributed by atoms with Gasteiger partial charge in [0.1, 0.15) is 0 Å². The molecule has 0 bridgehead atoms. The van der Waals surface area contributed by atoms with Gasteiger partial charge in [-0.1, -0.05) is 26.7 Å². The third-order valence-electron chi connectivity index (χ3n) is 2.42. The second-order valence-electron chi connectivity index (χ2n) is 4.79.